The number of fused-ring (bicyclic) bond motifs is 1. The average molecular weight is 494 g/mol. The molecule has 0 fully saturated rings. The fourth-order valence-corrected chi connectivity index (χ4v) is 4.38. The van der Waals surface area contributed by atoms with Crippen LogP contribution < -0.4 is 24.8 Å². The van der Waals surface area contributed by atoms with Gasteiger partial charge in [0.05, 0.1) is 40.2 Å². The number of hydrogen-bond donors (Lipinski definition) is 2. The van der Waals surface area contributed by atoms with Gasteiger partial charge in [0.2, 0.25) is 5.91 Å². The molecule has 0 bridgehead atoms. The lowest BCUT2D eigenvalue weighted by Crippen LogP contribution is -2.52. The zero-order valence-electron chi connectivity index (χ0n) is 20.9. The minimum Gasteiger partial charge on any atom is -0.497 e. The predicted octanol–water partition coefficient (Wildman–Crippen LogP) is 3.67. The molecule has 0 aliphatic carbocycles. The summed E-state index contributed by atoms with van der Waals surface area (Å²) in [6.07, 6.45) is 2.18. The monoisotopic (exact) mass is 493 g/mol. The van der Waals surface area contributed by atoms with Crippen molar-refractivity contribution in [2.45, 2.75) is 32.0 Å². The quantitative estimate of drug-likeness (QED) is 0.497. The Morgan fingerprint density at radius 3 is 2.42 bits per heavy atom. The topological polar surface area (TPSA) is 102 Å². The van der Waals surface area contributed by atoms with Gasteiger partial charge < -0.3 is 34.2 Å². The number of nitrogens with one attached hydrogen (secondary N) is 2. The van der Waals surface area contributed by atoms with E-state index in [1.807, 2.05) is 36.4 Å². The molecular weight excluding hydrogens is 462 g/mol. The van der Waals surface area contributed by atoms with Gasteiger partial charge in [-0.05, 0) is 66.4 Å². The summed E-state index contributed by atoms with van der Waals surface area (Å²) in [6, 6.07) is 13.6. The van der Waals surface area contributed by atoms with Gasteiger partial charge in [-0.25, -0.2) is 4.79 Å². The van der Waals surface area contributed by atoms with Crippen LogP contribution in [0.1, 0.15) is 35.4 Å². The highest BCUT2D eigenvalue weighted by molar-refractivity contribution is 5.87. The SMILES string of the molecule is COc1ccc([C@@H]2c3cc(OC)c(OC)cc3CCN2C(=O)N[C@@H](C)C(=O)NCc2ccco2)cc1. The van der Waals surface area contributed by atoms with E-state index in [0.29, 0.717) is 30.2 Å². The van der Waals surface area contributed by atoms with Crippen LogP contribution in [0.3, 0.4) is 0 Å². The van der Waals surface area contributed by atoms with E-state index < -0.39 is 12.1 Å². The number of rotatable bonds is 8. The summed E-state index contributed by atoms with van der Waals surface area (Å²) in [6.45, 7) is 2.37. The molecule has 1 aromatic heterocycles. The number of carbonyl (C=O) groups excluding carboxylic acids is 2. The van der Waals surface area contributed by atoms with Crippen molar-refractivity contribution < 1.29 is 28.2 Å². The molecule has 1 aliphatic heterocycles. The maximum atomic E-state index is 13.5. The van der Waals surface area contributed by atoms with Gasteiger partial charge >= 0.3 is 6.03 Å². The molecule has 3 aromatic rings. The Kier molecular flexibility index (Phi) is 7.68. The van der Waals surface area contributed by atoms with Crippen LogP contribution in [0.15, 0.2) is 59.2 Å². The van der Waals surface area contributed by atoms with Gasteiger partial charge in [-0.3, -0.25) is 4.79 Å². The number of ether oxygens (including phenoxy) is 3. The lowest BCUT2D eigenvalue weighted by Gasteiger charge is -2.38. The summed E-state index contributed by atoms with van der Waals surface area (Å²) in [5.74, 6) is 2.29. The van der Waals surface area contributed by atoms with Gasteiger partial charge in [0.1, 0.15) is 17.6 Å². The van der Waals surface area contributed by atoms with Crippen molar-refractivity contribution in [3.05, 3.63) is 77.2 Å². The second kappa shape index (κ2) is 11.1. The van der Waals surface area contributed by atoms with Crippen LogP contribution in [-0.4, -0.2) is 50.8 Å². The standard InChI is InChI=1S/C27H31N3O6/c1-17(26(31)28-16-21-6-5-13-36-21)29-27(32)30-12-11-19-14-23(34-3)24(35-4)15-22(19)25(30)18-7-9-20(33-2)10-8-18/h5-10,13-15,17,25H,11-12,16H2,1-4H3,(H,28,31)(H,29,32)/t17-,25+/m0/s1. The van der Waals surface area contributed by atoms with Crippen molar-refractivity contribution in [2.75, 3.05) is 27.9 Å². The second-order valence-electron chi connectivity index (χ2n) is 8.49. The molecule has 2 N–H and O–H groups in total. The summed E-state index contributed by atoms with van der Waals surface area (Å²) >= 11 is 0. The molecule has 4 rings (SSSR count). The first-order valence-corrected chi connectivity index (χ1v) is 11.7. The van der Waals surface area contributed by atoms with Gasteiger partial charge in [0.15, 0.2) is 11.5 Å². The summed E-state index contributed by atoms with van der Waals surface area (Å²) in [4.78, 5) is 27.8. The number of urea groups is 1. The van der Waals surface area contributed by atoms with Gasteiger partial charge in [-0.1, -0.05) is 12.1 Å². The first-order valence-electron chi connectivity index (χ1n) is 11.7. The van der Waals surface area contributed by atoms with Crippen LogP contribution >= 0.6 is 0 Å². The molecule has 9 heteroatoms. The molecule has 3 amide bonds. The van der Waals surface area contributed by atoms with Crippen LogP contribution in [0, 0.1) is 0 Å². The highest BCUT2D eigenvalue weighted by atomic mass is 16.5. The Morgan fingerprint density at radius 1 is 1.06 bits per heavy atom. The maximum absolute atomic E-state index is 13.5. The molecular formula is C27H31N3O6. The molecule has 0 unspecified atom stereocenters. The van der Waals surface area contributed by atoms with Gasteiger partial charge in [0, 0.05) is 6.54 Å². The van der Waals surface area contributed by atoms with E-state index in [1.54, 1.807) is 51.5 Å². The molecule has 0 saturated heterocycles. The lowest BCUT2D eigenvalue weighted by atomic mass is 9.87. The number of methoxy groups -OCH3 is 3. The smallest absolute Gasteiger partial charge is 0.318 e. The Bertz CT molecular complexity index is 1190. The second-order valence-corrected chi connectivity index (χ2v) is 8.49. The first kappa shape index (κ1) is 25.0. The van der Waals surface area contributed by atoms with E-state index >= 15 is 0 Å². The lowest BCUT2D eigenvalue weighted by molar-refractivity contribution is -0.122. The fourth-order valence-electron chi connectivity index (χ4n) is 4.38. The molecule has 1 aliphatic rings. The molecule has 2 atom stereocenters. The zero-order valence-corrected chi connectivity index (χ0v) is 20.9. The highest BCUT2D eigenvalue weighted by Gasteiger charge is 2.34. The Balaban J connectivity index is 1.59. The van der Waals surface area contributed by atoms with Crippen LogP contribution in [0.2, 0.25) is 0 Å². The summed E-state index contributed by atoms with van der Waals surface area (Å²) in [5, 5.41) is 5.63. The van der Waals surface area contributed by atoms with E-state index in [-0.39, 0.29) is 18.5 Å². The molecule has 190 valence electrons. The molecule has 2 heterocycles. The number of amides is 3. The van der Waals surface area contributed by atoms with Gasteiger partial charge in [-0.15, -0.1) is 0 Å². The maximum Gasteiger partial charge on any atom is 0.318 e. The Hall–Kier alpha value is -4.14. The molecule has 0 saturated carbocycles. The molecule has 9 nitrogen and oxygen atoms in total. The van der Waals surface area contributed by atoms with Gasteiger partial charge in [0.25, 0.3) is 0 Å². The minimum atomic E-state index is -0.740. The summed E-state index contributed by atoms with van der Waals surface area (Å²) in [7, 11) is 4.80. The molecule has 2 aromatic carbocycles. The van der Waals surface area contributed by atoms with Crippen molar-refractivity contribution >= 4 is 11.9 Å². The average Bonchev–Trinajstić information content (AvgIpc) is 3.43. The van der Waals surface area contributed by atoms with Crippen LogP contribution in [0.5, 0.6) is 17.2 Å². The summed E-state index contributed by atoms with van der Waals surface area (Å²) < 4.78 is 21.6. The third-order valence-electron chi connectivity index (χ3n) is 6.32. The highest BCUT2D eigenvalue weighted by Crippen LogP contribution is 2.41. The molecule has 0 radical (unpaired) electrons. The minimum absolute atomic E-state index is 0.249. The van der Waals surface area contributed by atoms with Crippen molar-refractivity contribution in [3.8, 4) is 17.2 Å². The third kappa shape index (κ3) is 5.25. The van der Waals surface area contributed by atoms with E-state index in [4.69, 9.17) is 18.6 Å². The normalized spacial score (nSPS) is 15.4. The Morgan fingerprint density at radius 2 is 1.78 bits per heavy atom. The first-order chi connectivity index (χ1) is 17.4. The van der Waals surface area contributed by atoms with E-state index in [1.165, 1.54) is 0 Å². The third-order valence-corrected chi connectivity index (χ3v) is 6.32. The van der Waals surface area contributed by atoms with Crippen molar-refractivity contribution in [1.29, 1.82) is 0 Å². The van der Waals surface area contributed by atoms with Crippen molar-refractivity contribution in [2.24, 2.45) is 0 Å². The number of nitrogens with zero attached hydrogens (tertiary/aromatic N) is 1. The number of benzene rings is 2. The number of hydrogen-bond acceptors (Lipinski definition) is 6. The van der Waals surface area contributed by atoms with E-state index in [2.05, 4.69) is 10.6 Å². The van der Waals surface area contributed by atoms with Crippen molar-refractivity contribution in [1.82, 2.24) is 15.5 Å². The zero-order chi connectivity index (χ0) is 25.7. The van der Waals surface area contributed by atoms with E-state index in [9.17, 15) is 9.59 Å². The number of carbonyl (C=O) groups is 2. The fraction of sp³-hybridized carbons (Fsp3) is 0.333. The molecule has 36 heavy (non-hydrogen) atoms. The van der Waals surface area contributed by atoms with Crippen LogP contribution in [0.25, 0.3) is 0 Å². The van der Waals surface area contributed by atoms with Crippen LogP contribution in [-0.2, 0) is 17.8 Å². The predicted molar refractivity (Wildman–Crippen MR) is 133 cm³/mol. The Labute approximate surface area is 210 Å². The largest absolute Gasteiger partial charge is 0.497 e. The number of furan rings is 1. The molecule has 0 spiro atoms. The van der Waals surface area contributed by atoms with Crippen LogP contribution in [0.4, 0.5) is 4.79 Å². The van der Waals surface area contributed by atoms with Gasteiger partial charge in [-0.2, -0.15) is 0 Å². The van der Waals surface area contributed by atoms with Crippen molar-refractivity contribution in [3.63, 3.8) is 0 Å². The van der Waals surface area contributed by atoms with E-state index in [0.717, 1.165) is 22.4 Å². The summed E-state index contributed by atoms with van der Waals surface area (Å²) in [5.41, 5.74) is 2.92.